The molecule has 152 valence electrons. The van der Waals surface area contributed by atoms with Crippen molar-refractivity contribution in [3.05, 3.63) is 89.6 Å². The summed E-state index contributed by atoms with van der Waals surface area (Å²) in [5.41, 5.74) is 5.12. The molecule has 4 aromatic rings. The van der Waals surface area contributed by atoms with Crippen LogP contribution in [0, 0.1) is 11.8 Å². The minimum absolute atomic E-state index is 0.0759. The SMILES string of the molecule is O=C(c1ccc2[nH]nc(C#Cc3ccccc3-c3ccccc3)c2c1)N1CCC(O)C1. The molecule has 5 rings (SSSR count). The Labute approximate surface area is 180 Å². The highest BCUT2D eigenvalue weighted by atomic mass is 16.3. The second-order valence-electron chi connectivity index (χ2n) is 7.69. The summed E-state index contributed by atoms with van der Waals surface area (Å²) in [5.74, 6) is 6.36. The average Bonchev–Trinajstić information content (AvgIpc) is 3.43. The number of aliphatic hydroxyl groups excluding tert-OH is 1. The van der Waals surface area contributed by atoms with Crippen LogP contribution in [0.25, 0.3) is 22.0 Å². The predicted molar refractivity (Wildman–Crippen MR) is 120 cm³/mol. The van der Waals surface area contributed by atoms with Crippen LogP contribution in [-0.2, 0) is 0 Å². The third kappa shape index (κ3) is 3.81. The molecule has 0 aliphatic carbocycles. The van der Waals surface area contributed by atoms with Crippen LogP contribution in [-0.4, -0.2) is 45.3 Å². The summed E-state index contributed by atoms with van der Waals surface area (Å²) < 4.78 is 0. The van der Waals surface area contributed by atoms with E-state index < -0.39 is 6.10 Å². The Morgan fingerprint density at radius 3 is 2.65 bits per heavy atom. The van der Waals surface area contributed by atoms with Crippen LogP contribution in [0.1, 0.15) is 28.0 Å². The van der Waals surface area contributed by atoms with Gasteiger partial charge in [-0.25, -0.2) is 0 Å². The van der Waals surface area contributed by atoms with Crippen LogP contribution in [0.3, 0.4) is 0 Å². The quantitative estimate of drug-likeness (QED) is 0.496. The fourth-order valence-electron chi connectivity index (χ4n) is 3.94. The number of likely N-dealkylation sites (tertiary alicyclic amines) is 1. The number of aliphatic hydroxyl groups is 1. The molecular formula is C26H21N3O2. The van der Waals surface area contributed by atoms with E-state index in [2.05, 4.69) is 40.2 Å². The molecule has 3 aromatic carbocycles. The summed E-state index contributed by atoms with van der Waals surface area (Å²) in [6.07, 6.45) is 0.185. The fraction of sp³-hybridized carbons (Fsp3) is 0.154. The highest BCUT2D eigenvalue weighted by molar-refractivity contribution is 5.99. The van der Waals surface area contributed by atoms with E-state index in [9.17, 15) is 9.90 Å². The van der Waals surface area contributed by atoms with Crippen molar-refractivity contribution in [1.29, 1.82) is 0 Å². The number of hydrogen-bond acceptors (Lipinski definition) is 3. The number of aromatic amines is 1. The van der Waals surface area contributed by atoms with Gasteiger partial charge >= 0.3 is 0 Å². The van der Waals surface area contributed by atoms with Crippen LogP contribution >= 0.6 is 0 Å². The molecule has 0 saturated carbocycles. The largest absolute Gasteiger partial charge is 0.391 e. The number of aromatic nitrogens is 2. The van der Waals surface area contributed by atoms with Gasteiger partial charge in [0.25, 0.3) is 5.91 Å². The smallest absolute Gasteiger partial charge is 0.253 e. The van der Waals surface area contributed by atoms with Crippen LogP contribution < -0.4 is 0 Å². The van der Waals surface area contributed by atoms with Crippen LogP contribution in [0.15, 0.2) is 72.8 Å². The molecule has 1 saturated heterocycles. The molecule has 31 heavy (non-hydrogen) atoms. The van der Waals surface area contributed by atoms with Crippen molar-refractivity contribution in [2.75, 3.05) is 13.1 Å². The second-order valence-corrected chi connectivity index (χ2v) is 7.69. The monoisotopic (exact) mass is 407 g/mol. The normalized spacial score (nSPS) is 15.6. The second kappa shape index (κ2) is 8.10. The predicted octanol–water partition coefficient (Wildman–Crippen LogP) is 3.84. The third-order valence-corrected chi connectivity index (χ3v) is 5.59. The Balaban J connectivity index is 1.49. The number of nitrogens with zero attached hydrogens (tertiary/aromatic N) is 2. The highest BCUT2D eigenvalue weighted by Gasteiger charge is 2.25. The minimum atomic E-state index is -0.437. The van der Waals surface area contributed by atoms with E-state index in [1.165, 1.54) is 0 Å². The van der Waals surface area contributed by atoms with Crippen molar-refractivity contribution in [2.45, 2.75) is 12.5 Å². The Morgan fingerprint density at radius 1 is 1.03 bits per heavy atom. The lowest BCUT2D eigenvalue weighted by molar-refractivity contribution is 0.0765. The summed E-state index contributed by atoms with van der Waals surface area (Å²) in [6, 6.07) is 23.7. The molecule has 5 nitrogen and oxygen atoms in total. The number of fused-ring (bicyclic) bond motifs is 1. The Morgan fingerprint density at radius 2 is 1.84 bits per heavy atom. The summed E-state index contributed by atoms with van der Waals surface area (Å²) in [6.45, 7) is 0.956. The molecule has 0 radical (unpaired) electrons. The number of carbonyl (C=O) groups excluding carboxylic acids is 1. The van der Waals surface area contributed by atoms with Gasteiger partial charge in [-0.1, -0.05) is 54.5 Å². The Bertz CT molecular complexity index is 1310. The van der Waals surface area contributed by atoms with E-state index in [1.54, 1.807) is 11.0 Å². The van der Waals surface area contributed by atoms with E-state index in [0.717, 1.165) is 27.6 Å². The number of nitrogens with one attached hydrogen (secondary N) is 1. The van der Waals surface area contributed by atoms with Gasteiger partial charge in [0.1, 0.15) is 5.69 Å². The maximum Gasteiger partial charge on any atom is 0.253 e. The average molecular weight is 407 g/mol. The first-order chi connectivity index (χ1) is 15.2. The lowest BCUT2D eigenvalue weighted by atomic mass is 10.00. The van der Waals surface area contributed by atoms with Gasteiger partial charge in [0, 0.05) is 29.6 Å². The molecule has 1 aliphatic heterocycles. The van der Waals surface area contributed by atoms with E-state index in [-0.39, 0.29) is 5.91 Å². The molecular weight excluding hydrogens is 386 g/mol. The van der Waals surface area contributed by atoms with E-state index in [0.29, 0.717) is 30.8 Å². The zero-order valence-corrected chi connectivity index (χ0v) is 16.9. The first kappa shape index (κ1) is 19.1. The van der Waals surface area contributed by atoms with Crippen molar-refractivity contribution in [1.82, 2.24) is 15.1 Å². The van der Waals surface area contributed by atoms with Crippen molar-refractivity contribution in [3.8, 4) is 23.0 Å². The maximum absolute atomic E-state index is 12.8. The molecule has 2 N–H and O–H groups in total. The zero-order valence-electron chi connectivity index (χ0n) is 16.9. The molecule has 1 aliphatic rings. The minimum Gasteiger partial charge on any atom is -0.391 e. The standard InChI is InChI=1S/C26H21N3O2/c30-21-14-15-29(17-21)26(31)20-11-13-25-23(16-20)24(27-28-25)12-10-19-8-4-5-9-22(19)18-6-2-1-3-7-18/h1-9,11,13,16,21,30H,14-15,17H2,(H,27,28). The molecule has 2 heterocycles. The number of amides is 1. The lowest BCUT2D eigenvalue weighted by Crippen LogP contribution is -2.29. The fourth-order valence-corrected chi connectivity index (χ4v) is 3.94. The number of rotatable bonds is 2. The summed E-state index contributed by atoms with van der Waals surface area (Å²) in [7, 11) is 0. The van der Waals surface area contributed by atoms with Crippen LogP contribution in [0.4, 0.5) is 0 Å². The molecule has 1 atom stereocenters. The van der Waals surface area contributed by atoms with Gasteiger partial charge < -0.3 is 10.0 Å². The van der Waals surface area contributed by atoms with Crippen LogP contribution in [0.5, 0.6) is 0 Å². The number of β-amino-alcohol motifs (C(OH)–C–C–N with tert-alkyl or cyclic N) is 1. The molecule has 5 heteroatoms. The van der Waals surface area contributed by atoms with Gasteiger partial charge in [0.05, 0.1) is 11.6 Å². The summed E-state index contributed by atoms with van der Waals surface area (Å²) >= 11 is 0. The highest BCUT2D eigenvalue weighted by Crippen LogP contribution is 2.24. The summed E-state index contributed by atoms with van der Waals surface area (Å²) in [4.78, 5) is 14.5. The first-order valence-corrected chi connectivity index (χ1v) is 10.3. The van der Waals surface area contributed by atoms with Crippen molar-refractivity contribution in [2.24, 2.45) is 0 Å². The number of carbonyl (C=O) groups is 1. The molecule has 0 bridgehead atoms. The Hall–Kier alpha value is -3.88. The topological polar surface area (TPSA) is 69.2 Å². The van der Waals surface area contributed by atoms with Crippen molar-refractivity contribution < 1.29 is 9.90 Å². The summed E-state index contributed by atoms with van der Waals surface area (Å²) in [5, 5.41) is 17.9. The molecule has 1 amide bonds. The van der Waals surface area contributed by atoms with Crippen molar-refractivity contribution >= 4 is 16.8 Å². The maximum atomic E-state index is 12.8. The molecule has 1 fully saturated rings. The van der Waals surface area contributed by atoms with E-state index in [4.69, 9.17) is 0 Å². The molecule has 0 spiro atoms. The van der Waals surface area contributed by atoms with Gasteiger partial charge in [-0.3, -0.25) is 9.89 Å². The number of hydrogen-bond donors (Lipinski definition) is 2. The molecule has 1 aromatic heterocycles. The van der Waals surface area contributed by atoms with Gasteiger partial charge in [-0.05, 0) is 47.7 Å². The lowest BCUT2D eigenvalue weighted by Gasteiger charge is -2.15. The number of H-pyrrole nitrogens is 1. The first-order valence-electron chi connectivity index (χ1n) is 10.3. The Kier molecular flexibility index (Phi) is 4.99. The number of benzene rings is 3. The zero-order chi connectivity index (χ0) is 21.2. The van der Waals surface area contributed by atoms with E-state index in [1.807, 2.05) is 48.5 Å². The van der Waals surface area contributed by atoms with Gasteiger partial charge in [0.15, 0.2) is 0 Å². The van der Waals surface area contributed by atoms with Gasteiger partial charge in [-0.15, -0.1) is 0 Å². The third-order valence-electron chi connectivity index (χ3n) is 5.59. The van der Waals surface area contributed by atoms with Gasteiger partial charge in [-0.2, -0.15) is 5.10 Å². The molecule has 1 unspecified atom stereocenters. The van der Waals surface area contributed by atoms with E-state index >= 15 is 0 Å². The van der Waals surface area contributed by atoms with Gasteiger partial charge in [0.2, 0.25) is 0 Å². The van der Waals surface area contributed by atoms with Crippen LogP contribution in [0.2, 0.25) is 0 Å². The van der Waals surface area contributed by atoms with Crippen molar-refractivity contribution in [3.63, 3.8) is 0 Å².